The van der Waals surface area contributed by atoms with Crippen LogP contribution in [0.3, 0.4) is 0 Å². The van der Waals surface area contributed by atoms with Crippen molar-refractivity contribution < 1.29 is 24.5 Å². The van der Waals surface area contributed by atoms with Crippen molar-refractivity contribution in [2.24, 2.45) is 0 Å². The molecule has 0 radical (unpaired) electrons. The molecule has 2 aliphatic heterocycles. The van der Waals surface area contributed by atoms with E-state index in [0.29, 0.717) is 23.8 Å². The van der Waals surface area contributed by atoms with Gasteiger partial charge in [0.15, 0.2) is 11.9 Å². The van der Waals surface area contributed by atoms with Crippen LogP contribution in [0.15, 0.2) is 18.6 Å². The zero-order valence-corrected chi connectivity index (χ0v) is 17.8. The number of hydrogen-bond acceptors (Lipinski definition) is 8. The van der Waals surface area contributed by atoms with Gasteiger partial charge < -0.3 is 29.6 Å². The molecule has 2 aromatic rings. The Labute approximate surface area is 180 Å². The molecular weight excluding hydrogens is 402 g/mol. The van der Waals surface area contributed by atoms with Gasteiger partial charge in [-0.05, 0) is 19.5 Å². The topological polar surface area (TPSA) is 124 Å². The lowest BCUT2D eigenvalue weighted by Crippen LogP contribution is -2.44. The predicted octanol–water partition coefficient (Wildman–Crippen LogP) is 0.857. The second kappa shape index (κ2) is 9.31. The minimum Gasteiger partial charge on any atom is -0.479 e. The molecule has 4 heterocycles. The van der Waals surface area contributed by atoms with E-state index in [9.17, 15) is 15.0 Å². The molecule has 0 aromatic carbocycles. The van der Waals surface area contributed by atoms with Gasteiger partial charge in [0.05, 0.1) is 17.4 Å². The number of pyridine rings is 1. The number of ether oxygens (including phenoxy) is 2. The van der Waals surface area contributed by atoms with E-state index in [2.05, 4.69) is 31.8 Å². The number of nitrogens with one attached hydrogen (secondary N) is 1. The highest BCUT2D eigenvalue weighted by molar-refractivity contribution is 5.72. The molecule has 10 nitrogen and oxygen atoms in total. The quantitative estimate of drug-likeness (QED) is 0.611. The van der Waals surface area contributed by atoms with Crippen molar-refractivity contribution in [3.05, 3.63) is 29.8 Å². The smallest absolute Gasteiger partial charge is 0.333 e. The van der Waals surface area contributed by atoms with E-state index >= 15 is 0 Å². The van der Waals surface area contributed by atoms with Crippen molar-refractivity contribution in [1.82, 2.24) is 24.8 Å². The monoisotopic (exact) mass is 431 g/mol. The number of piperazine rings is 1. The lowest BCUT2D eigenvalue weighted by atomic mass is 10.0. The molecule has 0 amide bonds. The summed E-state index contributed by atoms with van der Waals surface area (Å²) in [4.78, 5) is 28.2. The van der Waals surface area contributed by atoms with Crippen molar-refractivity contribution in [2.45, 2.75) is 44.8 Å². The van der Waals surface area contributed by atoms with E-state index in [-0.39, 0.29) is 12.8 Å². The minimum atomic E-state index is -1.11. The maximum absolute atomic E-state index is 11.4. The number of aromatic amines is 1. The molecule has 2 fully saturated rings. The van der Waals surface area contributed by atoms with Gasteiger partial charge in [-0.25, -0.2) is 9.78 Å². The van der Waals surface area contributed by atoms with Crippen LogP contribution in [-0.4, -0.2) is 92.7 Å². The van der Waals surface area contributed by atoms with E-state index in [1.165, 1.54) is 0 Å². The molecule has 3 N–H and O–H groups in total. The van der Waals surface area contributed by atoms with Gasteiger partial charge in [0, 0.05) is 64.2 Å². The number of H-pyrrole nitrogens is 1. The maximum atomic E-state index is 11.4. The van der Waals surface area contributed by atoms with Crippen LogP contribution in [0.2, 0.25) is 0 Å². The molecule has 2 saturated heterocycles. The van der Waals surface area contributed by atoms with Gasteiger partial charge in [-0.15, -0.1) is 0 Å². The van der Waals surface area contributed by atoms with Crippen molar-refractivity contribution in [1.29, 1.82) is 0 Å². The Bertz CT molecular complexity index is 898. The lowest BCUT2D eigenvalue weighted by Gasteiger charge is -2.33. The number of nitrogens with zero attached hydrogens (tertiary/aromatic N) is 4. The fourth-order valence-corrected chi connectivity index (χ4v) is 4.02. The first-order valence-electron chi connectivity index (χ1n) is 10.5. The summed E-state index contributed by atoms with van der Waals surface area (Å²) in [6.07, 6.45) is 2.68. The maximum Gasteiger partial charge on any atom is 0.333 e. The highest BCUT2D eigenvalue weighted by Gasteiger charge is 2.35. The molecule has 3 unspecified atom stereocenters. The van der Waals surface area contributed by atoms with Crippen LogP contribution in [0.4, 0.5) is 0 Å². The molecule has 10 heteroatoms. The number of hydrogen-bond donors (Lipinski definition) is 3. The number of carbonyl (C=O) groups is 1. The molecule has 0 aliphatic carbocycles. The van der Waals surface area contributed by atoms with Crippen LogP contribution >= 0.6 is 0 Å². The largest absolute Gasteiger partial charge is 0.479 e. The summed E-state index contributed by atoms with van der Waals surface area (Å²) in [5, 5.41) is 19.4. The summed E-state index contributed by atoms with van der Waals surface area (Å²) >= 11 is 0. The van der Waals surface area contributed by atoms with Gasteiger partial charge in [0.2, 0.25) is 6.29 Å². The third kappa shape index (κ3) is 5.04. The molecule has 2 aliphatic rings. The SMILES string of the molecule is Cc1ncc(CN2CCN(C)CC2)c(-c2ncc[nH]2)c1OC1CC(O)CC(C(=O)O)O1. The number of carboxylic acids is 1. The Morgan fingerprint density at radius 1 is 1.29 bits per heavy atom. The van der Waals surface area contributed by atoms with Crippen molar-refractivity contribution in [3.63, 3.8) is 0 Å². The number of rotatable bonds is 6. The summed E-state index contributed by atoms with van der Waals surface area (Å²) in [5.74, 6) is 0.0258. The van der Waals surface area contributed by atoms with Crippen molar-refractivity contribution >= 4 is 5.97 Å². The molecule has 31 heavy (non-hydrogen) atoms. The van der Waals surface area contributed by atoms with Crippen LogP contribution in [-0.2, 0) is 16.1 Å². The van der Waals surface area contributed by atoms with Gasteiger partial charge in [-0.2, -0.15) is 0 Å². The number of aryl methyl sites for hydroxylation is 1. The first-order chi connectivity index (χ1) is 14.9. The zero-order chi connectivity index (χ0) is 22.0. The number of carboxylic acid groups (broad SMARTS) is 1. The summed E-state index contributed by atoms with van der Waals surface area (Å²) in [7, 11) is 2.12. The second-order valence-electron chi connectivity index (χ2n) is 8.23. The van der Waals surface area contributed by atoms with Gasteiger partial charge in [-0.3, -0.25) is 9.88 Å². The van der Waals surface area contributed by atoms with Crippen LogP contribution in [0.25, 0.3) is 11.4 Å². The third-order valence-corrected chi connectivity index (χ3v) is 5.81. The standard InChI is InChI=1S/C21H29N5O5/c1-13-19(31-17-10-15(27)9-16(30-17)21(28)29)18(20-22-3-4-23-20)14(11-24-13)12-26-7-5-25(2)6-8-26/h3-4,11,15-17,27H,5-10,12H2,1-2H3,(H,22,23)(H,28,29). The Morgan fingerprint density at radius 2 is 2.06 bits per heavy atom. The van der Waals surface area contributed by atoms with Crippen LogP contribution in [0.5, 0.6) is 5.75 Å². The van der Waals surface area contributed by atoms with Crippen molar-refractivity contribution in [2.75, 3.05) is 33.2 Å². The van der Waals surface area contributed by atoms with E-state index in [1.807, 2.05) is 13.1 Å². The van der Waals surface area contributed by atoms with Gasteiger partial charge in [0.25, 0.3) is 0 Å². The number of aliphatic hydroxyl groups is 1. The van der Waals surface area contributed by atoms with Crippen molar-refractivity contribution in [3.8, 4) is 17.1 Å². The predicted molar refractivity (Wildman–Crippen MR) is 111 cm³/mol. The van der Waals surface area contributed by atoms with E-state index in [4.69, 9.17) is 9.47 Å². The molecule has 3 atom stereocenters. The Balaban J connectivity index is 1.64. The lowest BCUT2D eigenvalue weighted by molar-refractivity contribution is -0.195. The number of imidazole rings is 1. The highest BCUT2D eigenvalue weighted by Crippen LogP contribution is 2.36. The Kier molecular flexibility index (Phi) is 6.51. The van der Waals surface area contributed by atoms with E-state index in [1.54, 1.807) is 12.4 Å². The highest BCUT2D eigenvalue weighted by atomic mass is 16.7. The zero-order valence-electron chi connectivity index (χ0n) is 17.8. The third-order valence-electron chi connectivity index (χ3n) is 5.81. The molecule has 0 saturated carbocycles. The number of aromatic nitrogens is 3. The summed E-state index contributed by atoms with van der Waals surface area (Å²) in [6.45, 7) is 6.44. The summed E-state index contributed by atoms with van der Waals surface area (Å²) in [5.41, 5.74) is 2.39. The molecule has 168 valence electrons. The van der Waals surface area contributed by atoms with Crippen LogP contribution < -0.4 is 4.74 Å². The Hall–Kier alpha value is -2.53. The fraction of sp³-hybridized carbons (Fsp3) is 0.571. The molecule has 2 aromatic heterocycles. The van der Waals surface area contributed by atoms with Gasteiger partial charge >= 0.3 is 5.97 Å². The average molecular weight is 431 g/mol. The number of likely N-dealkylation sites (N-methyl/N-ethyl adjacent to an activating group) is 1. The first-order valence-corrected chi connectivity index (χ1v) is 10.5. The summed E-state index contributed by atoms with van der Waals surface area (Å²) in [6, 6.07) is 0. The molecular formula is C21H29N5O5. The minimum absolute atomic E-state index is 0.0426. The average Bonchev–Trinajstić information content (AvgIpc) is 3.26. The first kappa shape index (κ1) is 21.7. The van der Waals surface area contributed by atoms with Crippen LogP contribution in [0.1, 0.15) is 24.1 Å². The van der Waals surface area contributed by atoms with E-state index < -0.39 is 24.5 Å². The van der Waals surface area contributed by atoms with Crippen LogP contribution in [0, 0.1) is 6.92 Å². The summed E-state index contributed by atoms with van der Waals surface area (Å²) < 4.78 is 11.7. The number of aliphatic carboxylic acids is 1. The normalized spacial score (nSPS) is 25.5. The molecule has 0 spiro atoms. The molecule has 0 bridgehead atoms. The second-order valence-corrected chi connectivity index (χ2v) is 8.23. The number of aliphatic hydroxyl groups excluding tert-OH is 1. The molecule has 4 rings (SSSR count). The van der Waals surface area contributed by atoms with Gasteiger partial charge in [0.1, 0.15) is 5.82 Å². The van der Waals surface area contributed by atoms with E-state index in [0.717, 1.165) is 37.3 Å². The van der Waals surface area contributed by atoms with Gasteiger partial charge in [-0.1, -0.05) is 0 Å². The fourth-order valence-electron chi connectivity index (χ4n) is 4.02. The Morgan fingerprint density at radius 3 is 2.74 bits per heavy atom.